The number of ether oxygens (including phenoxy) is 2. The lowest BCUT2D eigenvalue weighted by Crippen LogP contribution is -2.46. The minimum absolute atomic E-state index is 0.0789. The van der Waals surface area contributed by atoms with Crippen molar-refractivity contribution in [1.82, 2.24) is 19.5 Å². The van der Waals surface area contributed by atoms with Gasteiger partial charge in [-0.15, -0.1) is 5.10 Å². The van der Waals surface area contributed by atoms with Crippen molar-refractivity contribution in [3.63, 3.8) is 0 Å². The number of aryl methyl sites for hydroxylation is 1. The van der Waals surface area contributed by atoms with Crippen LogP contribution in [0.1, 0.15) is 42.1 Å². The van der Waals surface area contributed by atoms with Gasteiger partial charge >= 0.3 is 0 Å². The Balaban J connectivity index is 1.53. The number of piperidine rings is 1. The molecule has 154 valence electrons. The van der Waals surface area contributed by atoms with E-state index in [4.69, 9.17) is 9.47 Å². The van der Waals surface area contributed by atoms with Gasteiger partial charge in [0.25, 0.3) is 0 Å². The fourth-order valence-electron chi connectivity index (χ4n) is 4.23. The highest BCUT2D eigenvalue weighted by atomic mass is 79.9. The normalized spacial score (nSPS) is 20.6. The number of likely N-dealkylation sites (tertiary alicyclic amines) is 1. The summed E-state index contributed by atoms with van der Waals surface area (Å²) < 4.78 is 14.4. The van der Waals surface area contributed by atoms with Gasteiger partial charge in [0.15, 0.2) is 11.6 Å². The van der Waals surface area contributed by atoms with Gasteiger partial charge in [-0.1, -0.05) is 46.3 Å². The minimum atomic E-state index is -0.429. The molecule has 0 aliphatic carbocycles. The van der Waals surface area contributed by atoms with Gasteiger partial charge in [-0.25, -0.2) is 4.98 Å². The van der Waals surface area contributed by atoms with Gasteiger partial charge in [0.2, 0.25) is 10.8 Å². The molecule has 3 aromatic rings. The summed E-state index contributed by atoms with van der Waals surface area (Å²) >= 11 is 5.10. The maximum atomic E-state index is 11.0. The van der Waals surface area contributed by atoms with Crippen molar-refractivity contribution in [2.45, 2.75) is 38.0 Å². The van der Waals surface area contributed by atoms with E-state index in [2.05, 4.69) is 43.0 Å². The molecule has 1 N–H and O–H groups in total. The molecule has 29 heavy (non-hydrogen) atoms. The first-order valence-electron chi connectivity index (χ1n) is 9.93. The molecule has 2 aliphatic heterocycles. The smallest absolute Gasteiger partial charge is 0.230 e. The second-order valence-electron chi connectivity index (χ2n) is 7.47. The molecule has 1 atom stereocenters. The van der Waals surface area contributed by atoms with E-state index in [1.165, 1.54) is 11.3 Å². The van der Waals surface area contributed by atoms with E-state index in [9.17, 15) is 5.11 Å². The Labute approximate surface area is 181 Å². The third-order valence-electron chi connectivity index (χ3n) is 5.71. The summed E-state index contributed by atoms with van der Waals surface area (Å²) in [5.74, 6) is 0.491. The monoisotopic (exact) mass is 478 g/mol. The summed E-state index contributed by atoms with van der Waals surface area (Å²) in [6.07, 6.45) is 2.38. The van der Waals surface area contributed by atoms with Crippen LogP contribution < -0.4 is 0 Å². The molecule has 7 nitrogen and oxygen atoms in total. The number of benzene rings is 1. The molecule has 2 aromatic heterocycles. The van der Waals surface area contributed by atoms with Crippen LogP contribution >= 0.6 is 27.3 Å². The maximum absolute atomic E-state index is 11.0. The Morgan fingerprint density at radius 1 is 1.28 bits per heavy atom. The molecule has 1 unspecified atom stereocenters. The highest BCUT2D eigenvalue weighted by Gasteiger charge is 2.42. The van der Waals surface area contributed by atoms with Crippen molar-refractivity contribution in [3.05, 3.63) is 45.0 Å². The predicted octanol–water partition coefficient (Wildman–Crippen LogP) is 3.75. The van der Waals surface area contributed by atoms with Crippen LogP contribution in [0.3, 0.4) is 0 Å². The summed E-state index contributed by atoms with van der Waals surface area (Å²) in [5, 5.41) is 15.5. The SMILES string of the molecule is CCc1nc2sc(C(c3cccc(Br)c3)N3CCC4(CC3)OCCO4)c(O)n2n1. The van der Waals surface area contributed by atoms with Gasteiger partial charge in [-0.2, -0.15) is 4.52 Å². The van der Waals surface area contributed by atoms with E-state index < -0.39 is 5.79 Å². The number of hydrogen-bond donors (Lipinski definition) is 1. The van der Waals surface area contributed by atoms with E-state index in [-0.39, 0.29) is 11.9 Å². The third kappa shape index (κ3) is 3.48. The van der Waals surface area contributed by atoms with Crippen LogP contribution in [-0.4, -0.2) is 56.7 Å². The molecular formula is C20H23BrN4O3S. The number of nitrogens with zero attached hydrogens (tertiary/aromatic N) is 4. The van der Waals surface area contributed by atoms with Crippen LogP contribution in [0.4, 0.5) is 0 Å². The Morgan fingerprint density at radius 2 is 2.03 bits per heavy atom. The summed E-state index contributed by atoms with van der Waals surface area (Å²) in [4.78, 5) is 8.54. The van der Waals surface area contributed by atoms with E-state index >= 15 is 0 Å². The molecule has 2 fully saturated rings. The lowest BCUT2D eigenvalue weighted by atomic mass is 9.97. The number of rotatable bonds is 4. The number of aromatic hydroxyl groups is 1. The van der Waals surface area contributed by atoms with Gasteiger partial charge in [0.05, 0.1) is 24.1 Å². The van der Waals surface area contributed by atoms with Crippen molar-refractivity contribution in [2.24, 2.45) is 0 Å². The van der Waals surface area contributed by atoms with E-state index in [0.29, 0.717) is 13.2 Å². The van der Waals surface area contributed by atoms with Crippen molar-refractivity contribution >= 4 is 32.2 Å². The van der Waals surface area contributed by atoms with Gasteiger partial charge < -0.3 is 14.6 Å². The number of thiazole rings is 1. The lowest BCUT2D eigenvalue weighted by Gasteiger charge is -2.41. The van der Waals surface area contributed by atoms with Gasteiger partial charge in [-0.3, -0.25) is 4.90 Å². The topological polar surface area (TPSA) is 72.1 Å². The van der Waals surface area contributed by atoms with Crippen LogP contribution in [0.5, 0.6) is 5.88 Å². The van der Waals surface area contributed by atoms with Gasteiger partial charge in [0, 0.05) is 36.8 Å². The van der Waals surface area contributed by atoms with Crippen LogP contribution in [0.15, 0.2) is 28.7 Å². The summed E-state index contributed by atoms with van der Waals surface area (Å²) in [7, 11) is 0. The van der Waals surface area contributed by atoms with E-state index in [1.807, 2.05) is 19.1 Å². The summed E-state index contributed by atoms with van der Waals surface area (Å²) in [5.41, 5.74) is 1.12. The molecule has 2 saturated heterocycles. The first-order valence-corrected chi connectivity index (χ1v) is 11.5. The Kier molecular flexibility index (Phi) is 5.11. The first-order chi connectivity index (χ1) is 14.1. The first kappa shape index (κ1) is 19.4. The largest absolute Gasteiger partial charge is 0.492 e. The van der Waals surface area contributed by atoms with Gasteiger partial charge in [-0.05, 0) is 17.7 Å². The molecule has 0 radical (unpaired) electrons. The molecule has 9 heteroatoms. The van der Waals surface area contributed by atoms with E-state index in [1.54, 1.807) is 4.52 Å². The van der Waals surface area contributed by atoms with Gasteiger partial charge in [0.1, 0.15) is 0 Å². The van der Waals surface area contributed by atoms with Crippen LogP contribution in [0, 0.1) is 0 Å². The third-order valence-corrected chi connectivity index (χ3v) is 7.28. The minimum Gasteiger partial charge on any atom is -0.492 e. The molecule has 5 rings (SSSR count). The second-order valence-corrected chi connectivity index (χ2v) is 9.39. The maximum Gasteiger partial charge on any atom is 0.230 e. The van der Waals surface area contributed by atoms with Crippen LogP contribution in [-0.2, 0) is 15.9 Å². The molecule has 0 saturated carbocycles. The number of fused-ring (bicyclic) bond motifs is 1. The molecule has 0 amide bonds. The zero-order valence-corrected chi connectivity index (χ0v) is 18.6. The highest BCUT2D eigenvalue weighted by Crippen LogP contribution is 2.43. The number of halogens is 1. The number of hydrogen-bond acceptors (Lipinski definition) is 7. The van der Waals surface area contributed by atoms with Crippen LogP contribution in [0.2, 0.25) is 0 Å². The number of aromatic nitrogens is 3. The summed E-state index contributed by atoms with van der Waals surface area (Å²) in [6.45, 7) is 5.00. The van der Waals surface area contributed by atoms with Crippen molar-refractivity contribution < 1.29 is 14.6 Å². The second kappa shape index (κ2) is 7.63. The quantitative estimate of drug-likeness (QED) is 0.615. The Bertz CT molecular complexity index is 1020. The molecule has 1 spiro atoms. The Hall–Kier alpha value is -1.52. The molecule has 4 heterocycles. The average molecular weight is 479 g/mol. The molecule has 2 aliphatic rings. The molecule has 0 bridgehead atoms. The zero-order chi connectivity index (χ0) is 20.0. The molecular weight excluding hydrogens is 456 g/mol. The fourth-order valence-corrected chi connectivity index (χ4v) is 5.78. The van der Waals surface area contributed by atoms with Crippen molar-refractivity contribution in [1.29, 1.82) is 0 Å². The zero-order valence-electron chi connectivity index (χ0n) is 16.2. The highest BCUT2D eigenvalue weighted by molar-refractivity contribution is 9.10. The standard InChI is InChI=1S/C20H23BrN4O3S/c1-2-15-22-19-25(23-15)18(26)17(29-19)16(13-4-3-5-14(21)12-13)24-8-6-20(7-9-24)27-10-11-28-20/h3-5,12,16,26H,2,6-11H2,1H3. The average Bonchev–Trinajstić information content (AvgIpc) is 3.42. The van der Waals surface area contributed by atoms with E-state index in [0.717, 1.165) is 58.1 Å². The summed E-state index contributed by atoms with van der Waals surface area (Å²) in [6, 6.07) is 8.19. The molecule has 1 aromatic carbocycles. The predicted molar refractivity (Wildman–Crippen MR) is 113 cm³/mol. The van der Waals surface area contributed by atoms with Crippen molar-refractivity contribution in [3.8, 4) is 5.88 Å². The fraction of sp³-hybridized carbons (Fsp3) is 0.500. The lowest BCUT2D eigenvalue weighted by molar-refractivity contribution is -0.187. The van der Waals surface area contributed by atoms with Crippen LogP contribution in [0.25, 0.3) is 4.96 Å². The van der Waals surface area contributed by atoms with Crippen molar-refractivity contribution in [2.75, 3.05) is 26.3 Å². The Morgan fingerprint density at radius 3 is 2.69 bits per heavy atom.